The Labute approximate surface area is 116 Å². The van der Waals surface area contributed by atoms with Crippen LogP contribution < -0.4 is 5.32 Å². The summed E-state index contributed by atoms with van der Waals surface area (Å²) in [6.45, 7) is 3.61. The zero-order chi connectivity index (χ0) is 14.5. The highest BCUT2D eigenvalue weighted by Crippen LogP contribution is 2.16. The number of nitrogens with one attached hydrogen (secondary N) is 1. The van der Waals surface area contributed by atoms with Crippen LogP contribution in [0.3, 0.4) is 0 Å². The van der Waals surface area contributed by atoms with Crippen LogP contribution in [0.25, 0.3) is 0 Å². The van der Waals surface area contributed by atoms with E-state index in [0.29, 0.717) is 29.1 Å². The fraction of sp³-hybridized carbons (Fsp3) is 0.200. The van der Waals surface area contributed by atoms with Gasteiger partial charge in [-0.1, -0.05) is 24.2 Å². The first-order valence-electron chi connectivity index (χ1n) is 6.32. The quantitative estimate of drug-likeness (QED) is 0.509. The second-order valence-corrected chi connectivity index (χ2v) is 4.33. The van der Waals surface area contributed by atoms with Gasteiger partial charge in [0.05, 0.1) is 17.5 Å². The molecule has 2 aromatic rings. The second kappa shape index (κ2) is 6.06. The molecule has 0 saturated heterocycles. The molecular formula is C15H16N2O3. The molecule has 5 heteroatoms. The summed E-state index contributed by atoms with van der Waals surface area (Å²) in [6.07, 6.45) is 2.17. The van der Waals surface area contributed by atoms with Crippen LogP contribution in [0.15, 0.2) is 46.2 Å². The summed E-state index contributed by atoms with van der Waals surface area (Å²) in [5, 5.41) is 14.7. The SMILES string of the molecule is CCc1occc1C(=O)Nc1cccc(/C(C)=N/O)c1. The van der Waals surface area contributed by atoms with E-state index < -0.39 is 0 Å². The fourth-order valence-electron chi connectivity index (χ4n) is 1.89. The topological polar surface area (TPSA) is 74.8 Å². The van der Waals surface area contributed by atoms with Crippen LogP contribution >= 0.6 is 0 Å². The molecule has 0 fully saturated rings. The Morgan fingerprint density at radius 2 is 2.20 bits per heavy atom. The van der Waals surface area contributed by atoms with Gasteiger partial charge in [0, 0.05) is 17.7 Å². The third-order valence-corrected chi connectivity index (χ3v) is 3.00. The van der Waals surface area contributed by atoms with Crippen molar-refractivity contribution in [3.05, 3.63) is 53.5 Å². The largest absolute Gasteiger partial charge is 0.469 e. The minimum atomic E-state index is -0.216. The molecule has 0 radical (unpaired) electrons. The molecule has 0 aliphatic heterocycles. The summed E-state index contributed by atoms with van der Waals surface area (Å²) >= 11 is 0. The van der Waals surface area contributed by atoms with E-state index in [9.17, 15) is 4.79 Å². The van der Waals surface area contributed by atoms with Crippen LogP contribution in [-0.4, -0.2) is 16.8 Å². The molecule has 1 heterocycles. The molecule has 2 N–H and O–H groups in total. The maximum absolute atomic E-state index is 12.2. The van der Waals surface area contributed by atoms with E-state index in [1.807, 2.05) is 6.92 Å². The zero-order valence-corrected chi connectivity index (χ0v) is 11.4. The first-order valence-corrected chi connectivity index (χ1v) is 6.32. The standard InChI is InChI=1S/C15H16N2O3/c1-3-14-13(7-8-20-14)15(18)16-12-6-4-5-11(9-12)10(2)17-19/h4-9,19H,3H2,1-2H3,(H,16,18)/b17-10+. The Morgan fingerprint density at radius 1 is 1.40 bits per heavy atom. The number of aryl methyl sites for hydroxylation is 1. The Bertz CT molecular complexity index is 644. The third kappa shape index (κ3) is 2.88. The van der Waals surface area contributed by atoms with Gasteiger partial charge in [-0.3, -0.25) is 4.79 Å². The molecular weight excluding hydrogens is 256 g/mol. The van der Waals surface area contributed by atoms with E-state index in [-0.39, 0.29) is 5.91 Å². The Hall–Kier alpha value is -2.56. The van der Waals surface area contributed by atoms with Crippen molar-refractivity contribution in [2.45, 2.75) is 20.3 Å². The molecule has 0 spiro atoms. The van der Waals surface area contributed by atoms with E-state index in [1.54, 1.807) is 37.3 Å². The van der Waals surface area contributed by atoms with Gasteiger partial charge in [-0.25, -0.2) is 0 Å². The van der Waals surface area contributed by atoms with Crippen LogP contribution in [0.2, 0.25) is 0 Å². The molecule has 1 aromatic carbocycles. The first kappa shape index (κ1) is 13.9. The number of oxime groups is 1. The number of hydrogen-bond donors (Lipinski definition) is 2. The summed E-state index contributed by atoms with van der Waals surface area (Å²) in [7, 11) is 0. The summed E-state index contributed by atoms with van der Waals surface area (Å²) < 4.78 is 5.24. The number of hydrogen-bond acceptors (Lipinski definition) is 4. The van der Waals surface area contributed by atoms with Gasteiger partial charge in [0.2, 0.25) is 0 Å². The number of anilines is 1. The highest BCUT2D eigenvalue weighted by Gasteiger charge is 2.13. The van der Waals surface area contributed by atoms with Crippen molar-refractivity contribution >= 4 is 17.3 Å². The monoisotopic (exact) mass is 272 g/mol. The minimum absolute atomic E-state index is 0.216. The lowest BCUT2D eigenvalue weighted by Crippen LogP contribution is -2.13. The maximum Gasteiger partial charge on any atom is 0.259 e. The lowest BCUT2D eigenvalue weighted by Gasteiger charge is -2.06. The highest BCUT2D eigenvalue weighted by molar-refractivity contribution is 6.06. The van der Waals surface area contributed by atoms with Crippen LogP contribution in [0, 0.1) is 0 Å². The molecule has 0 aliphatic rings. The molecule has 0 atom stereocenters. The van der Waals surface area contributed by atoms with Gasteiger partial charge in [0.1, 0.15) is 5.76 Å². The molecule has 0 unspecified atom stereocenters. The smallest absolute Gasteiger partial charge is 0.259 e. The lowest BCUT2D eigenvalue weighted by atomic mass is 10.1. The number of furan rings is 1. The molecule has 2 rings (SSSR count). The van der Waals surface area contributed by atoms with Crippen LogP contribution in [-0.2, 0) is 6.42 Å². The second-order valence-electron chi connectivity index (χ2n) is 4.33. The number of nitrogens with zero attached hydrogens (tertiary/aromatic N) is 1. The molecule has 20 heavy (non-hydrogen) atoms. The van der Waals surface area contributed by atoms with Crippen molar-refractivity contribution in [3.63, 3.8) is 0 Å². The average Bonchev–Trinajstić information content (AvgIpc) is 2.95. The fourth-order valence-corrected chi connectivity index (χ4v) is 1.89. The predicted molar refractivity (Wildman–Crippen MR) is 76.5 cm³/mol. The summed E-state index contributed by atoms with van der Waals surface area (Å²) in [5.74, 6) is 0.443. The van der Waals surface area contributed by atoms with Gasteiger partial charge in [-0.15, -0.1) is 0 Å². The predicted octanol–water partition coefficient (Wildman–Crippen LogP) is 3.29. The summed E-state index contributed by atoms with van der Waals surface area (Å²) in [4.78, 5) is 12.2. The van der Waals surface area contributed by atoms with Gasteiger partial charge in [0.25, 0.3) is 5.91 Å². The van der Waals surface area contributed by atoms with E-state index in [0.717, 1.165) is 5.56 Å². The van der Waals surface area contributed by atoms with E-state index in [2.05, 4.69) is 10.5 Å². The van der Waals surface area contributed by atoms with Crippen molar-refractivity contribution in [1.29, 1.82) is 0 Å². The molecule has 0 saturated carbocycles. The van der Waals surface area contributed by atoms with Crippen molar-refractivity contribution < 1.29 is 14.4 Å². The minimum Gasteiger partial charge on any atom is -0.469 e. The highest BCUT2D eigenvalue weighted by atomic mass is 16.4. The Kier molecular flexibility index (Phi) is 4.20. The lowest BCUT2D eigenvalue weighted by molar-refractivity contribution is 0.102. The first-order chi connectivity index (χ1) is 9.65. The van der Waals surface area contributed by atoms with Crippen LogP contribution in [0.4, 0.5) is 5.69 Å². The molecule has 104 valence electrons. The number of carbonyl (C=O) groups excluding carboxylic acids is 1. The average molecular weight is 272 g/mol. The molecule has 5 nitrogen and oxygen atoms in total. The van der Waals surface area contributed by atoms with Crippen LogP contribution in [0.5, 0.6) is 0 Å². The molecule has 1 aromatic heterocycles. The van der Waals surface area contributed by atoms with Crippen molar-refractivity contribution in [3.8, 4) is 0 Å². The van der Waals surface area contributed by atoms with Gasteiger partial charge < -0.3 is 14.9 Å². The van der Waals surface area contributed by atoms with Crippen molar-refractivity contribution in [2.24, 2.45) is 5.16 Å². The van der Waals surface area contributed by atoms with Gasteiger partial charge in [-0.2, -0.15) is 0 Å². The molecule has 1 amide bonds. The van der Waals surface area contributed by atoms with Gasteiger partial charge in [-0.05, 0) is 25.1 Å². The molecule has 0 aliphatic carbocycles. The molecule has 0 bridgehead atoms. The zero-order valence-electron chi connectivity index (χ0n) is 11.4. The van der Waals surface area contributed by atoms with Crippen molar-refractivity contribution in [2.75, 3.05) is 5.32 Å². The van der Waals surface area contributed by atoms with E-state index in [1.165, 1.54) is 6.26 Å². The van der Waals surface area contributed by atoms with Crippen molar-refractivity contribution in [1.82, 2.24) is 0 Å². The van der Waals surface area contributed by atoms with E-state index >= 15 is 0 Å². The number of benzene rings is 1. The van der Waals surface area contributed by atoms with Gasteiger partial charge >= 0.3 is 0 Å². The number of amides is 1. The Balaban J connectivity index is 2.20. The van der Waals surface area contributed by atoms with E-state index in [4.69, 9.17) is 9.62 Å². The summed E-state index contributed by atoms with van der Waals surface area (Å²) in [5.41, 5.74) is 2.40. The summed E-state index contributed by atoms with van der Waals surface area (Å²) in [6, 6.07) is 8.77. The number of rotatable bonds is 4. The van der Waals surface area contributed by atoms with Crippen LogP contribution in [0.1, 0.15) is 35.5 Å². The third-order valence-electron chi connectivity index (χ3n) is 3.00. The normalized spacial score (nSPS) is 11.4. The van der Waals surface area contributed by atoms with Gasteiger partial charge in [0.15, 0.2) is 0 Å². The maximum atomic E-state index is 12.2. The number of carbonyl (C=O) groups is 1. The Morgan fingerprint density at radius 3 is 2.90 bits per heavy atom.